The SMILES string of the molecule is O=C(O)CC(O)=C1OO1. The van der Waals surface area contributed by atoms with Gasteiger partial charge in [-0.15, -0.1) is 0 Å². The number of aliphatic hydroxyl groups is 1. The van der Waals surface area contributed by atoms with Gasteiger partial charge in [0.2, 0.25) is 0 Å². The van der Waals surface area contributed by atoms with E-state index in [1.54, 1.807) is 0 Å². The number of aliphatic hydroxyl groups excluding tert-OH is 1. The minimum absolute atomic E-state index is 0.0996. The normalized spacial score (nSPS) is 13.6. The van der Waals surface area contributed by atoms with Gasteiger partial charge in [0, 0.05) is 0 Å². The Morgan fingerprint density at radius 3 is 2.33 bits per heavy atom. The molecule has 50 valence electrons. The summed E-state index contributed by atoms with van der Waals surface area (Å²) in [7, 11) is 0. The summed E-state index contributed by atoms with van der Waals surface area (Å²) in [5.41, 5.74) is 0. The molecule has 0 atom stereocenters. The van der Waals surface area contributed by atoms with E-state index in [1.807, 2.05) is 0 Å². The monoisotopic (exact) mass is 132 g/mol. The van der Waals surface area contributed by atoms with Gasteiger partial charge in [-0.25, -0.2) is 9.78 Å². The van der Waals surface area contributed by atoms with Gasteiger partial charge in [0.1, 0.15) is 6.42 Å². The van der Waals surface area contributed by atoms with E-state index >= 15 is 0 Å². The third kappa shape index (κ3) is 1.52. The summed E-state index contributed by atoms with van der Waals surface area (Å²) in [6.45, 7) is 0. The number of aliphatic carboxylic acids is 1. The van der Waals surface area contributed by atoms with E-state index in [0.29, 0.717) is 0 Å². The van der Waals surface area contributed by atoms with E-state index in [1.165, 1.54) is 0 Å². The zero-order valence-electron chi connectivity index (χ0n) is 4.33. The number of hydrogen-bond acceptors (Lipinski definition) is 4. The van der Waals surface area contributed by atoms with Crippen LogP contribution in [0.2, 0.25) is 0 Å². The Bertz CT molecular complexity index is 164. The summed E-state index contributed by atoms with van der Waals surface area (Å²) < 4.78 is 0. The van der Waals surface area contributed by atoms with Gasteiger partial charge in [0.05, 0.1) is 0 Å². The molecule has 0 aromatic heterocycles. The van der Waals surface area contributed by atoms with Gasteiger partial charge in [-0.3, -0.25) is 4.79 Å². The van der Waals surface area contributed by atoms with Crippen LogP contribution >= 0.6 is 0 Å². The minimum atomic E-state index is -1.13. The summed E-state index contributed by atoms with van der Waals surface area (Å²) in [6.07, 6.45) is -0.463. The van der Waals surface area contributed by atoms with Crippen molar-refractivity contribution in [3.05, 3.63) is 11.7 Å². The molecule has 5 heteroatoms. The van der Waals surface area contributed by atoms with Crippen molar-refractivity contribution in [1.29, 1.82) is 0 Å². The molecule has 1 rings (SSSR count). The van der Waals surface area contributed by atoms with Gasteiger partial charge in [-0.2, -0.15) is 0 Å². The second-order valence-electron chi connectivity index (χ2n) is 1.47. The maximum Gasteiger partial charge on any atom is 0.416 e. The first-order valence-corrected chi connectivity index (χ1v) is 2.18. The lowest BCUT2D eigenvalue weighted by molar-refractivity contribution is -0.136. The third-order valence-corrected chi connectivity index (χ3v) is 0.721. The number of hydrogen-bond donors (Lipinski definition) is 2. The molecule has 0 aliphatic carbocycles. The fraction of sp³-hybridized carbons (Fsp3) is 0.250. The van der Waals surface area contributed by atoms with Crippen LogP contribution in [-0.4, -0.2) is 16.2 Å². The first-order valence-electron chi connectivity index (χ1n) is 2.18. The smallest absolute Gasteiger partial charge is 0.416 e. The highest BCUT2D eigenvalue weighted by molar-refractivity contribution is 5.69. The van der Waals surface area contributed by atoms with Crippen LogP contribution in [0.25, 0.3) is 0 Å². The van der Waals surface area contributed by atoms with Gasteiger partial charge in [0.25, 0.3) is 0 Å². The van der Waals surface area contributed by atoms with Gasteiger partial charge in [-0.05, 0) is 0 Å². The molecule has 1 aliphatic heterocycles. The summed E-state index contributed by atoms with van der Waals surface area (Å²) >= 11 is 0. The molecular formula is C4H4O5. The van der Waals surface area contributed by atoms with Gasteiger partial charge < -0.3 is 10.2 Å². The van der Waals surface area contributed by atoms with Gasteiger partial charge in [0.15, 0.2) is 5.76 Å². The highest BCUT2D eigenvalue weighted by Crippen LogP contribution is 2.22. The number of carbonyl (C=O) groups is 1. The number of rotatable bonds is 2. The molecule has 1 saturated heterocycles. The van der Waals surface area contributed by atoms with Crippen LogP contribution in [0.4, 0.5) is 0 Å². The Kier molecular flexibility index (Phi) is 1.18. The minimum Gasteiger partial charge on any atom is -0.505 e. The quantitative estimate of drug-likeness (QED) is 0.317. The van der Waals surface area contributed by atoms with Crippen molar-refractivity contribution in [3.8, 4) is 0 Å². The van der Waals surface area contributed by atoms with E-state index in [9.17, 15) is 4.79 Å². The van der Waals surface area contributed by atoms with Crippen LogP contribution in [0, 0.1) is 0 Å². The zero-order valence-corrected chi connectivity index (χ0v) is 4.33. The molecule has 2 N–H and O–H groups in total. The fourth-order valence-corrected chi connectivity index (χ4v) is 0.332. The predicted molar refractivity (Wildman–Crippen MR) is 24.1 cm³/mol. The average molecular weight is 132 g/mol. The Morgan fingerprint density at radius 1 is 1.44 bits per heavy atom. The van der Waals surface area contributed by atoms with Crippen LogP contribution in [0.3, 0.4) is 0 Å². The van der Waals surface area contributed by atoms with E-state index < -0.39 is 12.4 Å². The van der Waals surface area contributed by atoms with Crippen molar-refractivity contribution in [2.75, 3.05) is 0 Å². The second kappa shape index (κ2) is 1.85. The molecule has 5 nitrogen and oxygen atoms in total. The van der Waals surface area contributed by atoms with Crippen LogP contribution in [0.1, 0.15) is 6.42 Å². The van der Waals surface area contributed by atoms with E-state index in [-0.39, 0.29) is 11.7 Å². The summed E-state index contributed by atoms with van der Waals surface area (Å²) in [5.74, 6) is -1.61. The predicted octanol–water partition coefficient (Wildman–Crippen LogP) is 0.150. The molecule has 1 heterocycles. The highest BCUT2D eigenvalue weighted by Gasteiger charge is 2.26. The van der Waals surface area contributed by atoms with Gasteiger partial charge >= 0.3 is 11.9 Å². The van der Waals surface area contributed by atoms with Crippen LogP contribution in [-0.2, 0) is 14.6 Å². The second-order valence-corrected chi connectivity index (χ2v) is 1.47. The molecule has 9 heavy (non-hydrogen) atoms. The molecule has 0 aromatic rings. The summed E-state index contributed by atoms with van der Waals surface area (Å²) in [5, 5.41) is 16.7. The third-order valence-electron chi connectivity index (χ3n) is 0.721. The van der Waals surface area contributed by atoms with Crippen LogP contribution < -0.4 is 0 Å². The molecule has 0 bridgehead atoms. The molecule has 0 saturated carbocycles. The zero-order chi connectivity index (χ0) is 6.85. The molecule has 0 unspecified atom stereocenters. The van der Waals surface area contributed by atoms with Crippen molar-refractivity contribution in [3.63, 3.8) is 0 Å². The maximum absolute atomic E-state index is 9.84. The molecule has 0 amide bonds. The molecule has 1 aliphatic rings. The Labute approximate surface area is 50.0 Å². The number of carboxylic acid groups (broad SMARTS) is 1. The van der Waals surface area contributed by atoms with Crippen LogP contribution in [0.5, 0.6) is 0 Å². The fourth-order valence-electron chi connectivity index (χ4n) is 0.332. The Balaban J connectivity index is 2.44. The number of carboxylic acids is 1. The maximum atomic E-state index is 9.84. The van der Waals surface area contributed by atoms with Crippen molar-refractivity contribution in [1.82, 2.24) is 0 Å². The van der Waals surface area contributed by atoms with Crippen molar-refractivity contribution < 1.29 is 24.8 Å². The Hall–Kier alpha value is -1.39. The first-order chi connectivity index (χ1) is 4.20. The summed E-state index contributed by atoms with van der Waals surface area (Å²) in [6, 6.07) is 0. The average Bonchev–Trinajstić information content (AvgIpc) is 2.40. The van der Waals surface area contributed by atoms with Crippen molar-refractivity contribution >= 4 is 5.97 Å². The first kappa shape index (κ1) is 5.74. The van der Waals surface area contributed by atoms with Gasteiger partial charge in [-0.1, -0.05) is 0 Å². The lowest BCUT2D eigenvalue weighted by atomic mass is 10.4. The molecule has 1 fully saturated rings. The largest absolute Gasteiger partial charge is 0.505 e. The van der Waals surface area contributed by atoms with E-state index in [4.69, 9.17) is 10.2 Å². The topological polar surface area (TPSA) is 82.6 Å². The molecule has 0 aromatic carbocycles. The van der Waals surface area contributed by atoms with E-state index in [2.05, 4.69) is 9.78 Å². The molecular weight excluding hydrogens is 128 g/mol. The van der Waals surface area contributed by atoms with Crippen molar-refractivity contribution in [2.24, 2.45) is 0 Å². The highest BCUT2D eigenvalue weighted by atomic mass is 17.4. The van der Waals surface area contributed by atoms with Crippen molar-refractivity contribution in [2.45, 2.75) is 6.42 Å². The summed E-state index contributed by atoms with van der Waals surface area (Å²) in [4.78, 5) is 17.9. The Morgan fingerprint density at radius 2 is 2.00 bits per heavy atom. The lowest BCUT2D eigenvalue weighted by Gasteiger charge is -1.84. The molecule has 0 spiro atoms. The van der Waals surface area contributed by atoms with Crippen LogP contribution in [0.15, 0.2) is 11.7 Å². The lowest BCUT2D eigenvalue weighted by Crippen LogP contribution is -1.96. The van der Waals surface area contributed by atoms with E-state index in [0.717, 1.165) is 0 Å². The standard InChI is InChI=1S/C4H4O5/c5-2(1-3(6)7)4-8-9-4/h5H,1H2,(H,6,7). The molecule has 0 radical (unpaired) electrons.